The number of hydrazine groups is 1. The zero-order valence-electron chi connectivity index (χ0n) is 13.5. The van der Waals surface area contributed by atoms with Crippen molar-refractivity contribution in [3.63, 3.8) is 0 Å². The summed E-state index contributed by atoms with van der Waals surface area (Å²) >= 11 is 0. The summed E-state index contributed by atoms with van der Waals surface area (Å²) in [5.74, 6) is -0.0291. The lowest BCUT2D eigenvalue weighted by molar-refractivity contribution is -0.127. The van der Waals surface area contributed by atoms with Crippen LogP contribution < -0.4 is 4.83 Å². The van der Waals surface area contributed by atoms with Gasteiger partial charge >= 0.3 is 0 Å². The molecule has 1 aliphatic heterocycles. The van der Waals surface area contributed by atoms with Crippen molar-refractivity contribution < 1.29 is 13.2 Å². The number of rotatable bonds is 6. The minimum atomic E-state index is -3.62. The molecule has 0 radical (unpaired) electrons. The lowest BCUT2D eigenvalue weighted by atomic mass is 10.1. The van der Waals surface area contributed by atoms with Gasteiger partial charge in [-0.05, 0) is 32.4 Å². The van der Waals surface area contributed by atoms with Crippen molar-refractivity contribution in [3.05, 3.63) is 42.0 Å². The average molecular weight is 337 g/mol. The standard InChI is InChI=1S/C16H23N3O3S/c1-3-18(4-2)16(20)14-9-8-12-19(13-14)17-23(21,22)15-10-6-5-7-11-15/h5-7,9-11,17H,3-4,8,12-13H2,1-2H3. The molecule has 23 heavy (non-hydrogen) atoms. The molecule has 1 aliphatic rings. The van der Waals surface area contributed by atoms with Gasteiger partial charge in [0.25, 0.3) is 15.9 Å². The SMILES string of the molecule is CCN(CC)C(=O)C1=CCCN(NS(=O)(=O)c2ccccc2)C1. The maximum atomic E-state index is 12.4. The molecule has 0 aromatic heterocycles. The third-order valence-corrected chi connectivity index (χ3v) is 5.17. The normalized spacial score (nSPS) is 16.0. The van der Waals surface area contributed by atoms with Gasteiger partial charge in [-0.3, -0.25) is 4.79 Å². The molecule has 0 aliphatic carbocycles. The molecule has 6 nitrogen and oxygen atoms in total. The van der Waals surface area contributed by atoms with Gasteiger partial charge in [0, 0.05) is 31.8 Å². The fraction of sp³-hybridized carbons (Fsp3) is 0.438. The molecule has 126 valence electrons. The van der Waals surface area contributed by atoms with Crippen LogP contribution in [0.4, 0.5) is 0 Å². The van der Waals surface area contributed by atoms with Crippen LogP contribution in [0, 0.1) is 0 Å². The van der Waals surface area contributed by atoms with E-state index in [2.05, 4.69) is 4.83 Å². The van der Waals surface area contributed by atoms with Gasteiger partial charge in [-0.25, -0.2) is 13.4 Å². The lowest BCUT2D eigenvalue weighted by Crippen LogP contribution is -2.47. The highest BCUT2D eigenvalue weighted by molar-refractivity contribution is 7.89. The Balaban J connectivity index is 2.06. The van der Waals surface area contributed by atoms with Gasteiger partial charge in [0.1, 0.15) is 0 Å². The third-order valence-electron chi connectivity index (χ3n) is 3.78. The molecule has 1 heterocycles. The van der Waals surface area contributed by atoms with E-state index in [1.807, 2.05) is 19.9 Å². The van der Waals surface area contributed by atoms with Gasteiger partial charge in [0.05, 0.1) is 4.90 Å². The van der Waals surface area contributed by atoms with Crippen molar-refractivity contribution in [2.45, 2.75) is 25.2 Å². The smallest absolute Gasteiger partial charge is 0.253 e. The molecule has 0 atom stereocenters. The summed E-state index contributed by atoms with van der Waals surface area (Å²) in [4.78, 5) is 16.9. The van der Waals surface area contributed by atoms with Crippen molar-refractivity contribution in [2.75, 3.05) is 26.2 Å². The second-order valence-electron chi connectivity index (χ2n) is 5.32. The topological polar surface area (TPSA) is 69.7 Å². The Labute approximate surface area is 137 Å². The van der Waals surface area contributed by atoms with E-state index in [1.54, 1.807) is 40.2 Å². The van der Waals surface area contributed by atoms with Gasteiger partial charge in [0.15, 0.2) is 0 Å². The monoisotopic (exact) mass is 337 g/mol. The van der Waals surface area contributed by atoms with E-state index in [9.17, 15) is 13.2 Å². The molecule has 0 bridgehead atoms. The van der Waals surface area contributed by atoms with E-state index >= 15 is 0 Å². The summed E-state index contributed by atoms with van der Waals surface area (Å²) < 4.78 is 24.7. The first-order valence-electron chi connectivity index (χ1n) is 7.78. The Bertz CT molecular complexity index is 667. The predicted molar refractivity (Wildman–Crippen MR) is 89.0 cm³/mol. The summed E-state index contributed by atoms with van der Waals surface area (Å²) in [6.07, 6.45) is 2.54. The first kappa shape index (κ1) is 17.7. The zero-order chi connectivity index (χ0) is 16.9. The van der Waals surface area contributed by atoms with Crippen molar-refractivity contribution in [1.29, 1.82) is 0 Å². The molecule has 1 aromatic rings. The Morgan fingerprint density at radius 2 is 1.87 bits per heavy atom. The zero-order valence-corrected chi connectivity index (χ0v) is 14.3. The van der Waals surface area contributed by atoms with Crippen LogP contribution in [-0.4, -0.2) is 50.4 Å². The molecule has 2 rings (SSSR count). The summed E-state index contributed by atoms with van der Waals surface area (Å²) in [6, 6.07) is 8.22. The third kappa shape index (κ3) is 4.40. The van der Waals surface area contributed by atoms with Gasteiger partial charge in [-0.15, -0.1) is 4.83 Å². The van der Waals surface area contributed by atoms with Crippen LogP contribution in [0.3, 0.4) is 0 Å². The average Bonchev–Trinajstić information content (AvgIpc) is 2.56. The van der Waals surface area contributed by atoms with E-state index in [-0.39, 0.29) is 17.3 Å². The second kappa shape index (κ2) is 7.72. The van der Waals surface area contributed by atoms with Gasteiger partial charge < -0.3 is 4.90 Å². The molecule has 1 amide bonds. The van der Waals surface area contributed by atoms with Crippen LogP contribution >= 0.6 is 0 Å². The van der Waals surface area contributed by atoms with E-state index in [1.165, 1.54) is 0 Å². The minimum absolute atomic E-state index is 0.0291. The molecule has 0 spiro atoms. The quantitative estimate of drug-likeness (QED) is 0.851. The Morgan fingerprint density at radius 1 is 1.22 bits per heavy atom. The number of amides is 1. The Morgan fingerprint density at radius 3 is 2.48 bits per heavy atom. The van der Waals surface area contributed by atoms with Crippen LogP contribution in [0.5, 0.6) is 0 Å². The molecule has 0 saturated carbocycles. The Hall–Kier alpha value is -1.70. The summed E-state index contributed by atoms with van der Waals surface area (Å²) in [5.41, 5.74) is 0.635. The number of carbonyl (C=O) groups is 1. The molecule has 7 heteroatoms. The number of carbonyl (C=O) groups excluding carboxylic acids is 1. The van der Waals surface area contributed by atoms with Gasteiger partial charge in [-0.2, -0.15) is 0 Å². The summed E-state index contributed by atoms with van der Waals surface area (Å²) in [7, 11) is -3.62. The molecule has 0 saturated heterocycles. The Kier molecular flexibility index (Phi) is 5.92. The number of benzene rings is 1. The highest BCUT2D eigenvalue weighted by atomic mass is 32.2. The molecule has 1 N–H and O–H groups in total. The molecular formula is C16H23N3O3S. The summed E-state index contributed by atoms with van der Waals surface area (Å²) in [6.45, 7) is 5.97. The first-order chi connectivity index (χ1) is 11.0. The van der Waals surface area contributed by atoms with Crippen molar-refractivity contribution in [1.82, 2.24) is 14.7 Å². The van der Waals surface area contributed by atoms with Gasteiger partial charge in [0.2, 0.25) is 0 Å². The number of hydrogen-bond donors (Lipinski definition) is 1. The van der Waals surface area contributed by atoms with Crippen LogP contribution in [0.1, 0.15) is 20.3 Å². The van der Waals surface area contributed by atoms with Crippen LogP contribution in [0.2, 0.25) is 0 Å². The fourth-order valence-electron chi connectivity index (χ4n) is 2.51. The second-order valence-corrected chi connectivity index (χ2v) is 6.99. The fourth-order valence-corrected chi connectivity index (χ4v) is 3.63. The van der Waals surface area contributed by atoms with Crippen LogP contribution in [0.25, 0.3) is 0 Å². The molecule has 0 fully saturated rings. The first-order valence-corrected chi connectivity index (χ1v) is 9.27. The number of nitrogens with one attached hydrogen (secondary N) is 1. The number of sulfonamides is 1. The largest absolute Gasteiger partial charge is 0.339 e. The number of nitrogens with zero attached hydrogens (tertiary/aromatic N) is 2. The van der Waals surface area contributed by atoms with Crippen LogP contribution in [-0.2, 0) is 14.8 Å². The van der Waals surface area contributed by atoms with E-state index < -0.39 is 10.0 Å². The van der Waals surface area contributed by atoms with Crippen molar-refractivity contribution >= 4 is 15.9 Å². The van der Waals surface area contributed by atoms with E-state index in [0.29, 0.717) is 31.6 Å². The van der Waals surface area contributed by atoms with Gasteiger partial charge in [-0.1, -0.05) is 24.3 Å². The van der Waals surface area contributed by atoms with Crippen molar-refractivity contribution in [2.24, 2.45) is 0 Å². The van der Waals surface area contributed by atoms with E-state index in [4.69, 9.17) is 0 Å². The van der Waals surface area contributed by atoms with Crippen molar-refractivity contribution in [3.8, 4) is 0 Å². The van der Waals surface area contributed by atoms with E-state index in [0.717, 1.165) is 0 Å². The highest BCUT2D eigenvalue weighted by Gasteiger charge is 2.24. The molecular weight excluding hydrogens is 314 g/mol. The summed E-state index contributed by atoms with van der Waals surface area (Å²) in [5, 5.41) is 1.58. The maximum absolute atomic E-state index is 12.4. The predicted octanol–water partition coefficient (Wildman–Crippen LogP) is 1.38. The molecule has 1 aromatic carbocycles. The number of hydrogen-bond acceptors (Lipinski definition) is 4. The number of likely N-dealkylation sites (N-methyl/N-ethyl adjacent to an activating group) is 1. The molecule has 0 unspecified atom stereocenters. The highest BCUT2D eigenvalue weighted by Crippen LogP contribution is 2.14. The van der Waals surface area contributed by atoms with Crippen LogP contribution in [0.15, 0.2) is 46.9 Å². The maximum Gasteiger partial charge on any atom is 0.253 e. The minimum Gasteiger partial charge on any atom is -0.339 e. The lowest BCUT2D eigenvalue weighted by Gasteiger charge is -2.29.